The second-order valence-corrected chi connectivity index (χ2v) is 4.29. The summed E-state index contributed by atoms with van der Waals surface area (Å²) >= 11 is 0. The van der Waals surface area contributed by atoms with Gasteiger partial charge in [-0.25, -0.2) is 0 Å². The number of carbonyl (C=O) groups excluding carboxylic acids is 1. The topological polar surface area (TPSA) is 81.5 Å². The van der Waals surface area contributed by atoms with Crippen LogP contribution in [0.15, 0.2) is 48.5 Å². The minimum absolute atomic E-state index is 0.136. The molecule has 0 radical (unpaired) electrons. The van der Waals surface area contributed by atoms with Gasteiger partial charge in [0.1, 0.15) is 6.61 Å². The van der Waals surface area contributed by atoms with Gasteiger partial charge in [0.05, 0.1) is 4.92 Å². The van der Waals surface area contributed by atoms with E-state index in [2.05, 4.69) is 5.32 Å². The standard InChI is InChI=1S/C15H14N2O4/c1-16-15(18)12-7-8-14(13(9-12)17(19)20)21-10-11-5-3-2-4-6-11/h2-9H,10H2,1H3,(H,16,18). The molecule has 1 N–H and O–H groups in total. The molecule has 2 aromatic rings. The van der Waals surface area contributed by atoms with Crippen LogP contribution >= 0.6 is 0 Å². The van der Waals surface area contributed by atoms with Crippen LogP contribution in [0, 0.1) is 10.1 Å². The van der Waals surface area contributed by atoms with E-state index in [4.69, 9.17) is 4.74 Å². The lowest BCUT2D eigenvalue weighted by molar-refractivity contribution is -0.386. The van der Waals surface area contributed by atoms with Crippen molar-refractivity contribution in [2.75, 3.05) is 7.05 Å². The van der Waals surface area contributed by atoms with Crippen molar-refractivity contribution in [1.29, 1.82) is 0 Å². The second kappa shape index (κ2) is 6.51. The van der Waals surface area contributed by atoms with E-state index >= 15 is 0 Å². The molecule has 6 heteroatoms. The first-order valence-corrected chi connectivity index (χ1v) is 6.29. The molecule has 0 heterocycles. The third kappa shape index (κ3) is 3.56. The van der Waals surface area contributed by atoms with Crippen molar-refractivity contribution in [3.05, 3.63) is 69.8 Å². The number of benzene rings is 2. The Kier molecular flexibility index (Phi) is 4.50. The molecule has 2 rings (SSSR count). The average Bonchev–Trinajstić information content (AvgIpc) is 2.52. The lowest BCUT2D eigenvalue weighted by Gasteiger charge is -2.08. The number of ether oxygens (including phenoxy) is 1. The van der Waals surface area contributed by atoms with Crippen molar-refractivity contribution in [2.45, 2.75) is 6.61 Å². The van der Waals surface area contributed by atoms with E-state index in [9.17, 15) is 14.9 Å². The number of rotatable bonds is 5. The van der Waals surface area contributed by atoms with Crippen LogP contribution < -0.4 is 10.1 Å². The van der Waals surface area contributed by atoms with Crippen molar-refractivity contribution >= 4 is 11.6 Å². The third-order valence-electron chi connectivity index (χ3n) is 2.88. The van der Waals surface area contributed by atoms with Gasteiger partial charge in [-0.05, 0) is 17.7 Å². The number of nitrogens with zero attached hydrogens (tertiary/aromatic N) is 1. The SMILES string of the molecule is CNC(=O)c1ccc(OCc2ccccc2)c([N+](=O)[O-])c1. The maximum atomic E-state index is 11.5. The van der Waals surface area contributed by atoms with Crippen LogP contribution in [0.4, 0.5) is 5.69 Å². The lowest BCUT2D eigenvalue weighted by atomic mass is 10.1. The normalized spacial score (nSPS) is 9.95. The second-order valence-electron chi connectivity index (χ2n) is 4.29. The summed E-state index contributed by atoms with van der Waals surface area (Å²) < 4.78 is 5.48. The zero-order valence-corrected chi connectivity index (χ0v) is 11.4. The smallest absolute Gasteiger partial charge is 0.311 e. The van der Waals surface area contributed by atoms with Gasteiger partial charge in [-0.1, -0.05) is 30.3 Å². The van der Waals surface area contributed by atoms with Crippen LogP contribution in [0.2, 0.25) is 0 Å². The fourth-order valence-electron chi connectivity index (χ4n) is 1.80. The first-order valence-electron chi connectivity index (χ1n) is 6.29. The Bertz CT molecular complexity index is 656. The summed E-state index contributed by atoms with van der Waals surface area (Å²) in [4.78, 5) is 22.0. The summed E-state index contributed by atoms with van der Waals surface area (Å²) in [6.45, 7) is 0.223. The molecular formula is C15H14N2O4. The van der Waals surface area contributed by atoms with Crippen molar-refractivity contribution in [1.82, 2.24) is 5.32 Å². The Hall–Kier alpha value is -2.89. The maximum Gasteiger partial charge on any atom is 0.311 e. The first-order chi connectivity index (χ1) is 10.1. The molecule has 0 aliphatic heterocycles. The predicted molar refractivity (Wildman–Crippen MR) is 77.3 cm³/mol. The average molecular weight is 286 g/mol. The van der Waals surface area contributed by atoms with Gasteiger partial charge in [0.2, 0.25) is 0 Å². The Labute approximate surface area is 121 Å². The van der Waals surface area contributed by atoms with Gasteiger partial charge in [0.25, 0.3) is 5.91 Å². The predicted octanol–water partition coefficient (Wildman–Crippen LogP) is 2.53. The van der Waals surface area contributed by atoms with Crippen LogP contribution in [-0.4, -0.2) is 17.9 Å². The van der Waals surface area contributed by atoms with E-state index < -0.39 is 4.92 Å². The molecule has 0 spiro atoms. The number of hydrogen-bond donors (Lipinski definition) is 1. The third-order valence-corrected chi connectivity index (χ3v) is 2.88. The van der Waals surface area contributed by atoms with Crippen molar-refractivity contribution in [3.8, 4) is 5.75 Å². The molecule has 21 heavy (non-hydrogen) atoms. The lowest BCUT2D eigenvalue weighted by Crippen LogP contribution is -2.17. The molecular weight excluding hydrogens is 272 g/mol. The number of amides is 1. The van der Waals surface area contributed by atoms with Crippen LogP contribution in [0.1, 0.15) is 15.9 Å². The maximum absolute atomic E-state index is 11.5. The van der Waals surface area contributed by atoms with Crippen LogP contribution in [0.25, 0.3) is 0 Å². The van der Waals surface area contributed by atoms with Gasteiger partial charge in [-0.2, -0.15) is 0 Å². The molecule has 0 fully saturated rings. The molecule has 0 aromatic heterocycles. The summed E-state index contributed by atoms with van der Waals surface area (Å²) in [5.41, 5.74) is 0.894. The Morgan fingerprint density at radius 2 is 1.95 bits per heavy atom. The van der Waals surface area contributed by atoms with Gasteiger partial charge in [-0.3, -0.25) is 14.9 Å². The van der Waals surface area contributed by atoms with E-state index in [1.807, 2.05) is 30.3 Å². The fraction of sp³-hybridized carbons (Fsp3) is 0.133. The number of hydrogen-bond acceptors (Lipinski definition) is 4. The number of nitro groups is 1. The van der Waals surface area contributed by atoms with Crippen LogP contribution in [0.3, 0.4) is 0 Å². The molecule has 108 valence electrons. The highest BCUT2D eigenvalue weighted by Gasteiger charge is 2.18. The van der Waals surface area contributed by atoms with Crippen LogP contribution in [-0.2, 0) is 6.61 Å². The molecule has 0 saturated heterocycles. The molecule has 0 aliphatic rings. The number of nitrogens with one attached hydrogen (secondary N) is 1. The minimum atomic E-state index is -0.563. The zero-order valence-electron chi connectivity index (χ0n) is 11.4. The summed E-state index contributed by atoms with van der Waals surface area (Å²) in [6, 6.07) is 13.5. The van der Waals surface area contributed by atoms with Crippen LogP contribution in [0.5, 0.6) is 5.75 Å². The monoisotopic (exact) mass is 286 g/mol. The summed E-state index contributed by atoms with van der Waals surface area (Å²) in [5, 5.41) is 13.5. The zero-order chi connectivity index (χ0) is 15.2. The van der Waals surface area contributed by atoms with Crippen molar-refractivity contribution in [3.63, 3.8) is 0 Å². The molecule has 0 atom stereocenters. The number of nitro benzene ring substituents is 1. The fourth-order valence-corrected chi connectivity index (χ4v) is 1.80. The van der Waals surface area contributed by atoms with E-state index in [0.29, 0.717) is 0 Å². The molecule has 0 bridgehead atoms. The van der Waals surface area contributed by atoms with Gasteiger partial charge in [0, 0.05) is 18.7 Å². The molecule has 2 aromatic carbocycles. The molecule has 6 nitrogen and oxygen atoms in total. The first kappa shape index (κ1) is 14.5. The summed E-state index contributed by atoms with van der Waals surface area (Å²) in [5.74, 6) is -0.246. The Morgan fingerprint density at radius 1 is 1.24 bits per heavy atom. The van der Waals surface area contributed by atoms with Crippen molar-refractivity contribution < 1.29 is 14.5 Å². The van der Waals surface area contributed by atoms with Gasteiger partial charge >= 0.3 is 5.69 Å². The largest absolute Gasteiger partial charge is 0.482 e. The van der Waals surface area contributed by atoms with E-state index in [-0.39, 0.29) is 29.5 Å². The molecule has 0 saturated carbocycles. The van der Waals surface area contributed by atoms with Gasteiger partial charge in [0.15, 0.2) is 5.75 Å². The van der Waals surface area contributed by atoms with Crippen molar-refractivity contribution in [2.24, 2.45) is 0 Å². The van der Waals surface area contributed by atoms with E-state index in [1.165, 1.54) is 25.2 Å². The highest BCUT2D eigenvalue weighted by Crippen LogP contribution is 2.28. The van der Waals surface area contributed by atoms with E-state index in [0.717, 1.165) is 5.56 Å². The Balaban J connectivity index is 2.22. The number of carbonyl (C=O) groups is 1. The highest BCUT2D eigenvalue weighted by molar-refractivity contribution is 5.94. The molecule has 0 aliphatic carbocycles. The summed E-state index contributed by atoms with van der Waals surface area (Å²) in [6.07, 6.45) is 0. The molecule has 1 amide bonds. The Morgan fingerprint density at radius 3 is 2.57 bits per heavy atom. The highest BCUT2D eigenvalue weighted by atomic mass is 16.6. The van der Waals surface area contributed by atoms with Gasteiger partial charge < -0.3 is 10.1 Å². The minimum Gasteiger partial charge on any atom is -0.482 e. The molecule has 0 unspecified atom stereocenters. The van der Waals surface area contributed by atoms with Gasteiger partial charge in [-0.15, -0.1) is 0 Å². The quantitative estimate of drug-likeness (QED) is 0.676. The van der Waals surface area contributed by atoms with E-state index in [1.54, 1.807) is 0 Å². The summed E-state index contributed by atoms with van der Waals surface area (Å²) in [7, 11) is 1.47.